The molecule has 0 spiro atoms. The van der Waals surface area contributed by atoms with Crippen molar-refractivity contribution in [3.8, 4) is 23.4 Å². The standard InChI is InChI=1S/C20H22N4O4/c1-10(25)27-13-7-6-11(8-14(13)26-5)15-12(9-21)18(22)28-19-16(15)17(23-24-19)20(2,3)4/h6-8,15H,22H2,1-5H3,(H,23,24). The Balaban J connectivity index is 2.22. The van der Waals surface area contributed by atoms with E-state index < -0.39 is 11.9 Å². The van der Waals surface area contributed by atoms with Crippen molar-refractivity contribution in [3.05, 3.63) is 46.5 Å². The summed E-state index contributed by atoms with van der Waals surface area (Å²) < 4.78 is 16.1. The number of benzene rings is 1. The Hall–Kier alpha value is -3.47. The van der Waals surface area contributed by atoms with E-state index in [1.54, 1.807) is 18.2 Å². The lowest BCUT2D eigenvalue weighted by molar-refractivity contribution is -0.132. The number of carbonyl (C=O) groups is 1. The third kappa shape index (κ3) is 3.27. The number of nitrogens with two attached hydrogens (primary N) is 1. The largest absolute Gasteiger partial charge is 0.493 e. The van der Waals surface area contributed by atoms with E-state index >= 15 is 0 Å². The minimum atomic E-state index is -0.498. The van der Waals surface area contributed by atoms with Gasteiger partial charge in [0, 0.05) is 18.0 Å². The molecule has 0 saturated carbocycles. The topological polar surface area (TPSA) is 123 Å². The summed E-state index contributed by atoms with van der Waals surface area (Å²) in [6, 6.07) is 7.28. The monoisotopic (exact) mass is 382 g/mol. The molecular formula is C20H22N4O4. The van der Waals surface area contributed by atoms with Gasteiger partial charge >= 0.3 is 5.97 Å². The lowest BCUT2D eigenvalue weighted by Gasteiger charge is -2.27. The summed E-state index contributed by atoms with van der Waals surface area (Å²) in [6.45, 7) is 7.43. The molecule has 28 heavy (non-hydrogen) atoms. The van der Waals surface area contributed by atoms with Crippen LogP contribution in [0.1, 0.15) is 50.4 Å². The van der Waals surface area contributed by atoms with Crippen LogP contribution in [-0.2, 0) is 10.2 Å². The molecule has 0 aliphatic carbocycles. The van der Waals surface area contributed by atoms with Crippen molar-refractivity contribution in [3.63, 3.8) is 0 Å². The molecule has 3 N–H and O–H groups in total. The number of carbonyl (C=O) groups excluding carboxylic acids is 1. The van der Waals surface area contributed by atoms with Crippen molar-refractivity contribution in [2.75, 3.05) is 7.11 Å². The van der Waals surface area contributed by atoms with E-state index in [1.807, 2.05) is 20.8 Å². The Morgan fingerprint density at radius 1 is 1.36 bits per heavy atom. The third-order valence-electron chi connectivity index (χ3n) is 4.46. The number of methoxy groups -OCH3 is 1. The normalized spacial score (nSPS) is 16.1. The van der Waals surface area contributed by atoms with Gasteiger partial charge in [0.1, 0.15) is 11.6 Å². The number of hydrogen-bond acceptors (Lipinski definition) is 7. The minimum absolute atomic E-state index is 0.00925. The molecule has 1 atom stereocenters. The van der Waals surface area contributed by atoms with Crippen molar-refractivity contribution < 1.29 is 19.0 Å². The van der Waals surface area contributed by atoms with Crippen molar-refractivity contribution >= 4 is 5.97 Å². The highest BCUT2D eigenvalue weighted by Crippen LogP contribution is 2.46. The Morgan fingerprint density at radius 3 is 2.64 bits per heavy atom. The Bertz CT molecular complexity index is 1010. The van der Waals surface area contributed by atoms with Gasteiger partial charge in [-0.15, -0.1) is 5.10 Å². The lowest BCUT2D eigenvalue weighted by atomic mass is 9.79. The van der Waals surface area contributed by atoms with Crippen LogP contribution < -0.4 is 19.9 Å². The van der Waals surface area contributed by atoms with E-state index in [1.165, 1.54) is 14.0 Å². The first-order chi connectivity index (χ1) is 13.2. The van der Waals surface area contributed by atoms with Gasteiger partial charge in [0.2, 0.25) is 11.8 Å². The second-order valence-electron chi connectivity index (χ2n) is 7.50. The van der Waals surface area contributed by atoms with Gasteiger partial charge in [-0.05, 0) is 17.7 Å². The molecular weight excluding hydrogens is 360 g/mol. The summed E-state index contributed by atoms with van der Waals surface area (Å²) in [5, 5.41) is 17.0. The van der Waals surface area contributed by atoms with Gasteiger partial charge in [-0.1, -0.05) is 26.8 Å². The SMILES string of the molecule is COc1cc(C2C(C#N)=C(N)Oc3n[nH]c(C(C)(C)C)c32)ccc1OC(C)=O. The number of allylic oxidation sites excluding steroid dienone is 1. The summed E-state index contributed by atoms with van der Waals surface area (Å²) >= 11 is 0. The van der Waals surface area contributed by atoms with Gasteiger partial charge in [-0.2, -0.15) is 5.26 Å². The zero-order valence-electron chi connectivity index (χ0n) is 16.4. The molecule has 1 aromatic carbocycles. The van der Waals surface area contributed by atoms with E-state index in [4.69, 9.17) is 19.9 Å². The van der Waals surface area contributed by atoms with Crippen LogP contribution in [0.5, 0.6) is 17.4 Å². The number of aromatic amines is 1. The molecule has 2 heterocycles. The van der Waals surface area contributed by atoms with Crippen LogP contribution in [0.15, 0.2) is 29.7 Å². The predicted octanol–water partition coefficient (Wildman–Crippen LogP) is 2.86. The molecule has 146 valence electrons. The van der Waals surface area contributed by atoms with Crippen molar-refractivity contribution in [2.24, 2.45) is 5.73 Å². The van der Waals surface area contributed by atoms with E-state index in [9.17, 15) is 10.1 Å². The maximum absolute atomic E-state index is 11.3. The molecule has 0 bridgehead atoms. The Kier molecular flexibility index (Phi) is 4.77. The molecule has 1 unspecified atom stereocenters. The molecule has 8 nitrogen and oxygen atoms in total. The molecule has 1 aliphatic rings. The van der Waals surface area contributed by atoms with Crippen LogP contribution in [-0.4, -0.2) is 23.3 Å². The van der Waals surface area contributed by atoms with E-state index in [0.717, 1.165) is 16.8 Å². The van der Waals surface area contributed by atoms with Crippen LogP contribution in [0.2, 0.25) is 0 Å². The molecule has 1 aliphatic heterocycles. The van der Waals surface area contributed by atoms with Crippen molar-refractivity contribution in [1.29, 1.82) is 5.26 Å². The molecule has 8 heteroatoms. The molecule has 0 fully saturated rings. The highest BCUT2D eigenvalue weighted by Gasteiger charge is 2.38. The first-order valence-electron chi connectivity index (χ1n) is 8.70. The van der Waals surface area contributed by atoms with Crippen LogP contribution in [0.25, 0.3) is 0 Å². The number of nitrogens with one attached hydrogen (secondary N) is 1. The maximum atomic E-state index is 11.3. The molecule has 1 aromatic heterocycles. The van der Waals surface area contributed by atoms with Crippen molar-refractivity contribution in [1.82, 2.24) is 10.2 Å². The van der Waals surface area contributed by atoms with Gasteiger partial charge in [0.05, 0.1) is 18.6 Å². The fourth-order valence-corrected chi connectivity index (χ4v) is 3.25. The first-order valence-corrected chi connectivity index (χ1v) is 8.70. The van der Waals surface area contributed by atoms with Gasteiger partial charge in [0.15, 0.2) is 11.5 Å². The average molecular weight is 382 g/mol. The van der Waals surface area contributed by atoms with Gasteiger partial charge in [0.25, 0.3) is 0 Å². The number of fused-ring (bicyclic) bond motifs is 1. The first kappa shape index (κ1) is 19.3. The van der Waals surface area contributed by atoms with Crippen LogP contribution in [0, 0.1) is 11.3 Å². The molecule has 0 radical (unpaired) electrons. The summed E-state index contributed by atoms with van der Waals surface area (Å²) in [5.41, 5.74) is 8.34. The number of esters is 1. The molecule has 2 aromatic rings. The summed E-state index contributed by atoms with van der Waals surface area (Å²) in [4.78, 5) is 11.3. The van der Waals surface area contributed by atoms with Gasteiger partial charge < -0.3 is 19.9 Å². The number of nitriles is 1. The fraction of sp³-hybridized carbons (Fsp3) is 0.350. The number of H-pyrrole nitrogens is 1. The van der Waals surface area contributed by atoms with Gasteiger partial charge in [-0.3, -0.25) is 9.89 Å². The molecule has 0 amide bonds. The zero-order valence-corrected chi connectivity index (χ0v) is 16.4. The zero-order chi connectivity index (χ0) is 20.6. The maximum Gasteiger partial charge on any atom is 0.308 e. The van der Waals surface area contributed by atoms with E-state index in [2.05, 4.69) is 16.3 Å². The third-order valence-corrected chi connectivity index (χ3v) is 4.46. The smallest absolute Gasteiger partial charge is 0.308 e. The second-order valence-corrected chi connectivity index (χ2v) is 7.50. The molecule has 0 saturated heterocycles. The van der Waals surface area contributed by atoms with Crippen LogP contribution >= 0.6 is 0 Å². The number of nitrogens with zero attached hydrogens (tertiary/aromatic N) is 2. The van der Waals surface area contributed by atoms with E-state index in [0.29, 0.717) is 17.4 Å². The highest BCUT2D eigenvalue weighted by atomic mass is 16.6. The van der Waals surface area contributed by atoms with Crippen LogP contribution in [0.4, 0.5) is 0 Å². The summed E-state index contributed by atoms with van der Waals surface area (Å²) in [7, 11) is 1.48. The number of aromatic nitrogens is 2. The van der Waals surface area contributed by atoms with Gasteiger partial charge in [-0.25, -0.2) is 0 Å². The van der Waals surface area contributed by atoms with Crippen LogP contribution in [0.3, 0.4) is 0 Å². The quantitative estimate of drug-likeness (QED) is 0.618. The highest BCUT2D eigenvalue weighted by molar-refractivity contribution is 5.70. The average Bonchev–Trinajstić information content (AvgIpc) is 3.04. The number of rotatable bonds is 3. The predicted molar refractivity (Wildman–Crippen MR) is 101 cm³/mol. The van der Waals surface area contributed by atoms with E-state index in [-0.39, 0.29) is 16.9 Å². The minimum Gasteiger partial charge on any atom is -0.493 e. The number of ether oxygens (including phenoxy) is 3. The fourth-order valence-electron chi connectivity index (χ4n) is 3.25. The Morgan fingerprint density at radius 2 is 2.07 bits per heavy atom. The lowest BCUT2D eigenvalue weighted by Crippen LogP contribution is -2.24. The number of hydrogen-bond donors (Lipinski definition) is 2. The Labute approximate surface area is 162 Å². The second kappa shape index (κ2) is 6.93. The summed E-state index contributed by atoms with van der Waals surface area (Å²) in [5.74, 6) is 0.0692. The molecule has 3 rings (SSSR count). The van der Waals surface area contributed by atoms with Crippen molar-refractivity contribution in [2.45, 2.75) is 39.0 Å². The summed E-state index contributed by atoms with van der Waals surface area (Å²) in [6.07, 6.45) is 0.